The number of nitrogens with one attached hydrogen (secondary N) is 2. The van der Waals surface area contributed by atoms with E-state index in [0.717, 1.165) is 10.8 Å². The summed E-state index contributed by atoms with van der Waals surface area (Å²) in [5.74, 6) is -0.0973. The van der Waals surface area contributed by atoms with E-state index in [1.165, 1.54) is 19.2 Å². The molecule has 0 aliphatic carbocycles. The van der Waals surface area contributed by atoms with Gasteiger partial charge in [-0.05, 0) is 47.2 Å². The molecule has 2 N–H and O–H groups in total. The summed E-state index contributed by atoms with van der Waals surface area (Å²) in [6.07, 6.45) is 0. The van der Waals surface area contributed by atoms with Gasteiger partial charge in [0.1, 0.15) is 10.6 Å². The van der Waals surface area contributed by atoms with Crippen molar-refractivity contribution >= 4 is 37.9 Å². The van der Waals surface area contributed by atoms with Gasteiger partial charge in [0.2, 0.25) is 15.7 Å². The summed E-state index contributed by atoms with van der Waals surface area (Å²) in [4.78, 5) is 12.7. The summed E-state index contributed by atoms with van der Waals surface area (Å²) in [5, 5.41) is 7.89. The maximum Gasteiger partial charge on any atom is 0.243 e. The number of hydrogen-bond acceptors (Lipinski definition) is 5. The molecule has 4 aromatic carbocycles. The zero-order valence-corrected chi connectivity index (χ0v) is 18.2. The van der Waals surface area contributed by atoms with Gasteiger partial charge >= 0.3 is 0 Å². The van der Waals surface area contributed by atoms with E-state index < -0.39 is 9.84 Å². The number of anilines is 2. The maximum absolute atomic E-state index is 13.3. The molecule has 7 heteroatoms. The van der Waals surface area contributed by atoms with Crippen LogP contribution in [0.5, 0.6) is 5.75 Å². The number of amides is 1. The molecular formula is C25H22N2O4S. The molecule has 0 fully saturated rings. The molecule has 0 atom stereocenters. The average molecular weight is 447 g/mol. The number of fused-ring (bicyclic) bond motifs is 1. The molecule has 0 unspecified atom stereocenters. The van der Waals surface area contributed by atoms with E-state index >= 15 is 0 Å². The van der Waals surface area contributed by atoms with Crippen LogP contribution in [-0.2, 0) is 14.6 Å². The summed E-state index contributed by atoms with van der Waals surface area (Å²) < 4.78 is 31.9. The molecule has 0 spiro atoms. The number of ether oxygens (including phenoxy) is 1. The number of carbonyl (C=O) groups is 1. The van der Waals surface area contributed by atoms with Gasteiger partial charge in [-0.1, -0.05) is 54.6 Å². The molecule has 4 rings (SSSR count). The van der Waals surface area contributed by atoms with Crippen molar-refractivity contribution < 1.29 is 17.9 Å². The smallest absolute Gasteiger partial charge is 0.243 e. The Hall–Kier alpha value is -3.84. The molecule has 0 saturated heterocycles. The summed E-state index contributed by atoms with van der Waals surface area (Å²) in [5.41, 5.74) is 0.958. The predicted octanol–water partition coefficient (Wildman–Crippen LogP) is 4.73. The third-order valence-electron chi connectivity index (χ3n) is 4.99. The first-order valence-electron chi connectivity index (χ1n) is 9.99. The first-order chi connectivity index (χ1) is 15.5. The monoisotopic (exact) mass is 446 g/mol. The third kappa shape index (κ3) is 4.43. The number of methoxy groups -OCH3 is 1. The van der Waals surface area contributed by atoms with Gasteiger partial charge in [-0.3, -0.25) is 4.79 Å². The van der Waals surface area contributed by atoms with Gasteiger partial charge in [-0.2, -0.15) is 0 Å². The highest BCUT2D eigenvalue weighted by molar-refractivity contribution is 7.91. The fourth-order valence-electron chi connectivity index (χ4n) is 3.46. The second kappa shape index (κ2) is 9.11. The van der Waals surface area contributed by atoms with Gasteiger partial charge in [-0.25, -0.2) is 8.42 Å². The average Bonchev–Trinajstić information content (AvgIpc) is 2.83. The normalized spacial score (nSPS) is 11.2. The van der Waals surface area contributed by atoms with Crippen LogP contribution in [0.2, 0.25) is 0 Å². The highest BCUT2D eigenvalue weighted by Gasteiger charge is 2.26. The number of rotatable bonds is 7. The van der Waals surface area contributed by atoms with Crippen LogP contribution in [0, 0.1) is 0 Å². The van der Waals surface area contributed by atoms with Crippen molar-refractivity contribution in [1.82, 2.24) is 0 Å². The first-order valence-corrected chi connectivity index (χ1v) is 11.5. The molecule has 0 aromatic heterocycles. The second-order valence-corrected chi connectivity index (χ2v) is 9.00. The van der Waals surface area contributed by atoms with Crippen LogP contribution in [0.3, 0.4) is 0 Å². The van der Waals surface area contributed by atoms with Crippen molar-refractivity contribution in [3.05, 3.63) is 91.0 Å². The number of sulfone groups is 1. The largest absolute Gasteiger partial charge is 0.495 e. The van der Waals surface area contributed by atoms with Crippen LogP contribution in [0.25, 0.3) is 10.8 Å². The molecule has 0 heterocycles. The van der Waals surface area contributed by atoms with E-state index in [-0.39, 0.29) is 28.0 Å². The van der Waals surface area contributed by atoms with Crippen molar-refractivity contribution in [3.8, 4) is 5.75 Å². The van der Waals surface area contributed by atoms with Gasteiger partial charge in [0.05, 0.1) is 24.2 Å². The Labute approximate surface area is 186 Å². The highest BCUT2D eigenvalue weighted by Crippen LogP contribution is 2.35. The lowest BCUT2D eigenvalue weighted by Gasteiger charge is -2.16. The van der Waals surface area contributed by atoms with E-state index in [1.54, 1.807) is 36.4 Å². The molecule has 0 saturated carbocycles. The van der Waals surface area contributed by atoms with Crippen molar-refractivity contribution in [2.75, 3.05) is 24.3 Å². The van der Waals surface area contributed by atoms with Crippen LogP contribution >= 0.6 is 0 Å². The first kappa shape index (κ1) is 21.4. The van der Waals surface area contributed by atoms with Crippen LogP contribution in [0.4, 0.5) is 11.4 Å². The number of benzene rings is 4. The quantitative estimate of drug-likeness (QED) is 0.429. The summed E-state index contributed by atoms with van der Waals surface area (Å²) in [6.45, 7) is -0.114. The molecule has 0 bridgehead atoms. The highest BCUT2D eigenvalue weighted by atomic mass is 32.2. The van der Waals surface area contributed by atoms with Crippen molar-refractivity contribution in [2.24, 2.45) is 0 Å². The zero-order valence-electron chi connectivity index (χ0n) is 17.4. The van der Waals surface area contributed by atoms with Gasteiger partial charge < -0.3 is 15.4 Å². The third-order valence-corrected chi connectivity index (χ3v) is 6.84. The molecule has 162 valence electrons. The number of hydrogen-bond donors (Lipinski definition) is 2. The fourth-order valence-corrected chi connectivity index (χ4v) is 5.06. The Balaban J connectivity index is 1.56. The molecule has 0 aliphatic rings. The van der Waals surface area contributed by atoms with Crippen LogP contribution in [0.1, 0.15) is 0 Å². The maximum atomic E-state index is 13.3. The Bertz CT molecular complexity index is 1370. The van der Waals surface area contributed by atoms with Gasteiger partial charge in [-0.15, -0.1) is 0 Å². The lowest BCUT2D eigenvalue weighted by atomic mass is 10.1. The molecular weight excluding hydrogens is 424 g/mol. The zero-order chi connectivity index (χ0) is 22.6. The van der Waals surface area contributed by atoms with E-state index in [1.807, 2.05) is 42.5 Å². The lowest BCUT2D eigenvalue weighted by molar-refractivity contribution is -0.114. The summed E-state index contributed by atoms with van der Waals surface area (Å²) in [7, 11) is -2.45. The summed E-state index contributed by atoms with van der Waals surface area (Å²) in [6, 6.07) is 26.5. The molecule has 0 aliphatic heterocycles. The Morgan fingerprint density at radius 1 is 0.844 bits per heavy atom. The fraction of sp³-hybridized carbons (Fsp3) is 0.0800. The lowest BCUT2D eigenvalue weighted by Crippen LogP contribution is -2.22. The topological polar surface area (TPSA) is 84.5 Å². The molecule has 6 nitrogen and oxygen atoms in total. The second-order valence-electron chi connectivity index (χ2n) is 7.12. The van der Waals surface area contributed by atoms with Crippen LogP contribution in [-0.4, -0.2) is 28.0 Å². The van der Waals surface area contributed by atoms with Crippen molar-refractivity contribution in [2.45, 2.75) is 9.79 Å². The Kier molecular flexibility index (Phi) is 6.09. The van der Waals surface area contributed by atoms with Crippen molar-refractivity contribution in [3.63, 3.8) is 0 Å². The standard InChI is InChI=1S/C25H22N2O4S/c1-31-23-13-7-12-22(25(23)32(29,30)21-10-3-2-4-11-21)26-17-24(28)27-20-15-14-18-8-5-6-9-19(18)16-20/h2-16,26H,17H2,1H3,(H,27,28). The number of carbonyl (C=O) groups excluding carboxylic acids is 1. The van der Waals surface area contributed by atoms with Gasteiger partial charge in [0, 0.05) is 5.69 Å². The minimum atomic E-state index is -3.86. The molecule has 1 amide bonds. The molecule has 32 heavy (non-hydrogen) atoms. The van der Waals surface area contributed by atoms with Crippen LogP contribution in [0.15, 0.2) is 101 Å². The minimum absolute atomic E-state index is 0.00722. The van der Waals surface area contributed by atoms with E-state index in [4.69, 9.17) is 4.74 Å². The Morgan fingerprint density at radius 3 is 2.31 bits per heavy atom. The van der Waals surface area contributed by atoms with E-state index in [0.29, 0.717) is 11.4 Å². The van der Waals surface area contributed by atoms with E-state index in [2.05, 4.69) is 10.6 Å². The molecule has 0 radical (unpaired) electrons. The molecule has 4 aromatic rings. The Morgan fingerprint density at radius 2 is 1.56 bits per heavy atom. The minimum Gasteiger partial charge on any atom is -0.495 e. The van der Waals surface area contributed by atoms with Gasteiger partial charge in [0.15, 0.2) is 0 Å². The van der Waals surface area contributed by atoms with Crippen LogP contribution < -0.4 is 15.4 Å². The SMILES string of the molecule is COc1cccc(NCC(=O)Nc2ccc3ccccc3c2)c1S(=O)(=O)c1ccccc1. The van der Waals surface area contributed by atoms with Crippen molar-refractivity contribution in [1.29, 1.82) is 0 Å². The van der Waals surface area contributed by atoms with E-state index in [9.17, 15) is 13.2 Å². The predicted molar refractivity (Wildman–Crippen MR) is 126 cm³/mol. The summed E-state index contributed by atoms with van der Waals surface area (Å²) >= 11 is 0. The van der Waals surface area contributed by atoms with Gasteiger partial charge in [0.25, 0.3) is 0 Å².